The second kappa shape index (κ2) is 13.1. The predicted molar refractivity (Wildman–Crippen MR) is 93.6 cm³/mol. The van der Waals surface area contributed by atoms with Gasteiger partial charge in [-0.1, -0.05) is 65.7 Å². The van der Waals surface area contributed by atoms with E-state index in [2.05, 4.69) is 6.92 Å². The normalized spacial score (nSPS) is 12.3. The van der Waals surface area contributed by atoms with Crippen LogP contribution in [0.1, 0.15) is 91.4 Å². The molecule has 0 atom stereocenters. The molecule has 0 aliphatic rings. The van der Waals surface area contributed by atoms with Crippen LogP contribution in [0.2, 0.25) is 0 Å². The Morgan fingerprint density at radius 1 is 0.739 bits per heavy atom. The Balaban J connectivity index is 4.38. The minimum atomic E-state index is -1.08. The summed E-state index contributed by atoms with van der Waals surface area (Å²) in [5.74, 6) is -1.79. The molecule has 0 radical (unpaired) electrons. The Morgan fingerprint density at radius 2 is 1.17 bits per heavy atom. The van der Waals surface area contributed by atoms with E-state index < -0.39 is 11.9 Å². The van der Waals surface area contributed by atoms with Gasteiger partial charge >= 0.3 is 11.9 Å². The monoisotopic (exact) mass is 326 g/mol. The van der Waals surface area contributed by atoms with E-state index in [0.717, 1.165) is 19.3 Å². The molecule has 0 fully saturated rings. The number of carboxylic acids is 2. The van der Waals surface area contributed by atoms with Gasteiger partial charge in [-0.05, 0) is 31.6 Å². The lowest BCUT2D eigenvalue weighted by molar-refractivity contribution is -0.136. The zero-order valence-corrected chi connectivity index (χ0v) is 15.1. The molecule has 4 nitrogen and oxygen atoms in total. The van der Waals surface area contributed by atoms with Crippen molar-refractivity contribution in [1.82, 2.24) is 0 Å². The molecule has 0 aromatic rings. The Bertz CT molecular complexity index is 383. The maximum atomic E-state index is 11.4. The van der Waals surface area contributed by atoms with Crippen molar-refractivity contribution in [2.24, 2.45) is 5.92 Å². The van der Waals surface area contributed by atoms with Gasteiger partial charge in [-0.2, -0.15) is 0 Å². The Labute approximate surface area is 141 Å². The SMILES string of the molecule is CCCCCCCCCC/C(C(=O)O)=C(\CCC(C)C)C(=O)O. The van der Waals surface area contributed by atoms with Gasteiger partial charge in [-0.15, -0.1) is 0 Å². The van der Waals surface area contributed by atoms with Gasteiger partial charge in [0.15, 0.2) is 0 Å². The molecule has 0 rings (SSSR count). The van der Waals surface area contributed by atoms with E-state index in [9.17, 15) is 19.8 Å². The molecule has 0 spiro atoms. The molecule has 0 unspecified atom stereocenters. The molecule has 0 aromatic heterocycles. The van der Waals surface area contributed by atoms with Crippen LogP contribution in [-0.4, -0.2) is 22.2 Å². The lowest BCUT2D eigenvalue weighted by Crippen LogP contribution is -2.12. The maximum Gasteiger partial charge on any atom is 0.332 e. The summed E-state index contributed by atoms with van der Waals surface area (Å²) in [7, 11) is 0. The lowest BCUT2D eigenvalue weighted by atomic mass is 9.95. The highest BCUT2D eigenvalue weighted by Crippen LogP contribution is 2.21. The molecule has 0 heterocycles. The first-order chi connectivity index (χ1) is 10.9. The van der Waals surface area contributed by atoms with Crippen LogP contribution in [0.15, 0.2) is 11.1 Å². The Morgan fingerprint density at radius 3 is 1.61 bits per heavy atom. The first-order valence-electron chi connectivity index (χ1n) is 9.08. The van der Waals surface area contributed by atoms with Crippen molar-refractivity contribution in [2.45, 2.75) is 91.4 Å². The van der Waals surface area contributed by atoms with Crippen molar-refractivity contribution in [3.05, 3.63) is 11.1 Å². The third kappa shape index (κ3) is 10.9. The third-order valence-corrected chi connectivity index (χ3v) is 4.13. The zero-order valence-electron chi connectivity index (χ0n) is 15.1. The van der Waals surface area contributed by atoms with Crippen LogP contribution < -0.4 is 0 Å². The highest BCUT2D eigenvalue weighted by molar-refractivity contribution is 5.98. The fraction of sp³-hybridized carbons (Fsp3) is 0.789. The van der Waals surface area contributed by atoms with Crippen LogP contribution >= 0.6 is 0 Å². The average molecular weight is 326 g/mol. The molecule has 0 amide bonds. The van der Waals surface area contributed by atoms with E-state index in [4.69, 9.17) is 0 Å². The number of aliphatic carboxylic acids is 2. The number of hydrogen-bond acceptors (Lipinski definition) is 2. The van der Waals surface area contributed by atoms with Crippen LogP contribution in [0, 0.1) is 5.92 Å². The minimum Gasteiger partial charge on any atom is -0.478 e. The first-order valence-corrected chi connectivity index (χ1v) is 9.08. The molecule has 0 saturated heterocycles. The lowest BCUT2D eigenvalue weighted by Gasteiger charge is -2.10. The zero-order chi connectivity index (χ0) is 17.7. The molecule has 0 aliphatic heterocycles. The largest absolute Gasteiger partial charge is 0.478 e. The van der Waals surface area contributed by atoms with Gasteiger partial charge in [-0.3, -0.25) is 0 Å². The van der Waals surface area contributed by atoms with Crippen LogP contribution in [0.25, 0.3) is 0 Å². The third-order valence-electron chi connectivity index (χ3n) is 4.13. The molecule has 2 N–H and O–H groups in total. The summed E-state index contributed by atoms with van der Waals surface area (Å²) >= 11 is 0. The van der Waals surface area contributed by atoms with Crippen molar-refractivity contribution in [3.63, 3.8) is 0 Å². The van der Waals surface area contributed by atoms with E-state index in [1.807, 2.05) is 13.8 Å². The second-order valence-corrected chi connectivity index (χ2v) is 6.72. The van der Waals surface area contributed by atoms with Gasteiger partial charge in [0.25, 0.3) is 0 Å². The van der Waals surface area contributed by atoms with Gasteiger partial charge in [0.2, 0.25) is 0 Å². The molecule has 4 heteroatoms. The summed E-state index contributed by atoms with van der Waals surface area (Å²) in [6.45, 7) is 6.22. The summed E-state index contributed by atoms with van der Waals surface area (Å²) in [6.07, 6.45) is 10.5. The maximum absolute atomic E-state index is 11.4. The van der Waals surface area contributed by atoms with Gasteiger partial charge in [0.05, 0.1) is 0 Å². The van der Waals surface area contributed by atoms with E-state index in [-0.39, 0.29) is 11.1 Å². The van der Waals surface area contributed by atoms with Gasteiger partial charge < -0.3 is 10.2 Å². The summed E-state index contributed by atoms with van der Waals surface area (Å²) in [5, 5.41) is 18.6. The fourth-order valence-corrected chi connectivity index (χ4v) is 2.64. The van der Waals surface area contributed by atoms with Crippen LogP contribution in [0.4, 0.5) is 0 Å². The van der Waals surface area contributed by atoms with Crippen molar-refractivity contribution >= 4 is 11.9 Å². The number of unbranched alkanes of at least 4 members (excludes halogenated alkanes) is 7. The number of carbonyl (C=O) groups is 2. The molecule has 134 valence electrons. The van der Waals surface area contributed by atoms with Crippen LogP contribution in [0.3, 0.4) is 0 Å². The predicted octanol–water partition coefficient (Wildman–Crippen LogP) is 5.42. The number of carboxylic acid groups (broad SMARTS) is 2. The summed E-state index contributed by atoms with van der Waals surface area (Å²) in [4.78, 5) is 22.8. The van der Waals surface area contributed by atoms with Crippen molar-refractivity contribution in [3.8, 4) is 0 Å². The quantitative estimate of drug-likeness (QED) is 0.330. The second-order valence-electron chi connectivity index (χ2n) is 6.72. The molecule has 0 aliphatic carbocycles. The molecule has 0 bridgehead atoms. The van der Waals surface area contributed by atoms with Crippen LogP contribution in [0.5, 0.6) is 0 Å². The van der Waals surface area contributed by atoms with Crippen LogP contribution in [-0.2, 0) is 9.59 Å². The first kappa shape index (κ1) is 21.7. The van der Waals surface area contributed by atoms with Gasteiger partial charge in [-0.25, -0.2) is 9.59 Å². The van der Waals surface area contributed by atoms with Crippen molar-refractivity contribution in [2.75, 3.05) is 0 Å². The number of hydrogen-bond donors (Lipinski definition) is 2. The highest BCUT2D eigenvalue weighted by Gasteiger charge is 2.19. The summed E-state index contributed by atoms with van der Waals surface area (Å²) < 4.78 is 0. The van der Waals surface area contributed by atoms with E-state index in [1.165, 1.54) is 32.1 Å². The van der Waals surface area contributed by atoms with Crippen molar-refractivity contribution < 1.29 is 19.8 Å². The molecule has 0 saturated carbocycles. The fourth-order valence-electron chi connectivity index (χ4n) is 2.64. The summed E-state index contributed by atoms with van der Waals surface area (Å²) in [6, 6.07) is 0. The molecule has 23 heavy (non-hydrogen) atoms. The topological polar surface area (TPSA) is 74.6 Å². The van der Waals surface area contributed by atoms with Crippen molar-refractivity contribution in [1.29, 1.82) is 0 Å². The molecular weight excluding hydrogens is 292 g/mol. The standard InChI is InChI=1S/C19H34O4/c1-4-5-6-7-8-9-10-11-12-16(18(20)21)17(19(22)23)14-13-15(2)3/h15H,4-14H2,1-3H3,(H,20,21)(H,22,23)/b17-16-. The smallest absolute Gasteiger partial charge is 0.332 e. The van der Waals surface area contributed by atoms with E-state index in [1.54, 1.807) is 0 Å². The molecular formula is C19H34O4. The number of rotatable bonds is 14. The van der Waals surface area contributed by atoms with E-state index in [0.29, 0.717) is 25.2 Å². The minimum absolute atomic E-state index is 0.0918. The Hall–Kier alpha value is -1.32. The average Bonchev–Trinajstić information content (AvgIpc) is 2.47. The highest BCUT2D eigenvalue weighted by atomic mass is 16.4. The Kier molecular flexibility index (Phi) is 12.4. The van der Waals surface area contributed by atoms with Gasteiger partial charge in [0, 0.05) is 11.1 Å². The van der Waals surface area contributed by atoms with Gasteiger partial charge in [0.1, 0.15) is 0 Å². The van der Waals surface area contributed by atoms with E-state index >= 15 is 0 Å². The molecule has 0 aromatic carbocycles. The summed E-state index contributed by atoms with van der Waals surface area (Å²) in [5.41, 5.74) is 0.193.